The first-order chi connectivity index (χ1) is 8.95. The first kappa shape index (κ1) is 14.6. The van der Waals surface area contributed by atoms with Crippen LogP contribution in [0.15, 0.2) is 23.1 Å². The Hall–Kier alpha value is -0.820. The minimum absolute atomic E-state index is 0.102. The van der Waals surface area contributed by atoms with Gasteiger partial charge in [-0.25, -0.2) is 8.42 Å². The second kappa shape index (κ2) is 5.66. The van der Waals surface area contributed by atoms with Crippen molar-refractivity contribution in [2.45, 2.75) is 11.8 Å². The van der Waals surface area contributed by atoms with Crippen LogP contribution in [-0.2, 0) is 10.0 Å². The monoisotopic (exact) mass is 303 g/mol. The van der Waals surface area contributed by atoms with Crippen LogP contribution >= 0.6 is 11.6 Å². The maximum Gasteiger partial charge on any atom is 0.245 e. The highest BCUT2D eigenvalue weighted by atomic mass is 35.5. The fraction of sp³-hybridized carbons (Fsp3) is 0.500. The minimum Gasteiger partial charge on any atom is -0.398 e. The van der Waals surface area contributed by atoms with Crippen molar-refractivity contribution in [3.05, 3.63) is 23.2 Å². The lowest BCUT2D eigenvalue weighted by Crippen LogP contribution is -2.48. The topological polar surface area (TPSA) is 66.6 Å². The molecule has 2 N–H and O–H groups in total. The Morgan fingerprint density at radius 1 is 1.26 bits per heavy atom. The lowest BCUT2D eigenvalue weighted by Gasteiger charge is -2.33. The fourth-order valence-corrected chi connectivity index (χ4v) is 3.96. The summed E-state index contributed by atoms with van der Waals surface area (Å²) in [4.78, 5) is 2.32. The molecule has 1 heterocycles. The molecule has 1 fully saturated rings. The smallest absolute Gasteiger partial charge is 0.245 e. The van der Waals surface area contributed by atoms with Crippen LogP contribution in [0.2, 0.25) is 5.02 Å². The third kappa shape index (κ3) is 3.02. The summed E-state index contributed by atoms with van der Waals surface area (Å²) >= 11 is 5.86. The molecule has 0 unspecified atom stereocenters. The number of sulfonamides is 1. The molecule has 1 saturated heterocycles. The zero-order valence-corrected chi connectivity index (χ0v) is 12.4. The Labute approximate surface area is 119 Å². The molecule has 0 bridgehead atoms. The van der Waals surface area contributed by atoms with Crippen molar-refractivity contribution >= 4 is 27.3 Å². The number of piperazine rings is 1. The summed E-state index contributed by atoms with van der Waals surface area (Å²) in [5.74, 6) is 0. The van der Waals surface area contributed by atoms with Crippen molar-refractivity contribution in [1.82, 2.24) is 9.21 Å². The van der Waals surface area contributed by atoms with Gasteiger partial charge < -0.3 is 10.6 Å². The van der Waals surface area contributed by atoms with Gasteiger partial charge in [0.2, 0.25) is 10.0 Å². The standard InChI is InChI=1S/C12H18ClN3O2S/c1-2-15-5-7-16(8-6-15)19(17,18)12-9-10(13)3-4-11(12)14/h3-4,9H,2,5-8,14H2,1H3. The molecule has 0 aromatic heterocycles. The molecule has 1 aliphatic heterocycles. The van der Waals surface area contributed by atoms with Crippen molar-refractivity contribution in [3.63, 3.8) is 0 Å². The van der Waals surface area contributed by atoms with E-state index in [0.717, 1.165) is 19.6 Å². The molecular formula is C12H18ClN3O2S. The second-order valence-corrected chi connectivity index (χ2v) is 6.86. The Kier molecular flexibility index (Phi) is 4.35. The van der Waals surface area contributed by atoms with Crippen molar-refractivity contribution < 1.29 is 8.42 Å². The molecule has 0 atom stereocenters. The normalized spacial score (nSPS) is 18.6. The summed E-state index contributed by atoms with van der Waals surface area (Å²) in [7, 11) is -3.55. The van der Waals surface area contributed by atoms with E-state index in [4.69, 9.17) is 17.3 Å². The zero-order chi connectivity index (χ0) is 14.0. The van der Waals surface area contributed by atoms with E-state index in [1.54, 1.807) is 6.07 Å². The molecular weight excluding hydrogens is 286 g/mol. The number of anilines is 1. The summed E-state index contributed by atoms with van der Waals surface area (Å²) in [5, 5.41) is 0.375. The number of hydrogen-bond donors (Lipinski definition) is 1. The van der Waals surface area contributed by atoms with Crippen molar-refractivity contribution in [2.24, 2.45) is 0 Å². The van der Waals surface area contributed by atoms with Gasteiger partial charge in [0.15, 0.2) is 0 Å². The van der Waals surface area contributed by atoms with Gasteiger partial charge in [0, 0.05) is 31.2 Å². The highest BCUT2D eigenvalue weighted by Crippen LogP contribution is 2.26. The molecule has 1 aromatic carbocycles. The average molecular weight is 304 g/mol. The Morgan fingerprint density at radius 3 is 2.47 bits per heavy atom. The fourth-order valence-electron chi connectivity index (χ4n) is 2.16. The summed E-state index contributed by atoms with van der Waals surface area (Å²) in [6, 6.07) is 4.53. The van der Waals surface area contributed by atoms with Gasteiger partial charge in [0.1, 0.15) is 4.90 Å². The number of likely N-dealkylation sites (N-methyl/N-ethyl adjacent to an activating group) is 1. The molecule has 0 saturated carbocycles. The number of rotatable bonds is 3. The maximum atomic E-state index is 12.5. The number of benzene rings is 1. The quantitative estimate of drug-likeness (QED) is 0.854. The van der Waals surface area contributed by atoms with E-state index in [0.29, 0.717) is 18.1 Å². The zero-order valence-electron chi connectivity index (χ0n) is 10.8. The number of halogens is 1. The van der Waals surface area contributed by atoms with E-state index in [1.165, 1.54) is 16.4 Å². The van der Waals surface area contributed by atoms with Gasteiger partial charge in [-0.05, 0) is 24.7 Å². The molecule has 0 amide bonds. The predicted molar refractivity (Wildman–Crippen MR) is 76.7 cm³/mol. The second-order valence-electron chi connectivity index (χ2n) is 4.52. The van der Waals surface area contributed by atoms with Crippen LogP contribution in [0.5, 0.6) is 0 Å². The van der Waals surface area contributed by atoms with Gasteiger partial charge in [0.25, 0.3) is 0 Å². The molecule has 0 radical (unpaired) electrons. The van der Waals surface area contributed by atoms with Gasteiger partial charge in [-0.3, -0.25) is 0 Å². The molecule has 5 nitrogen and oxygen atoms in total. The Bertz CT molecular complexity index is 554. The molecule has 1 aromatic rings. The molecule has 1 aliphatic rings. The number of nitrogen functional groups attached to an aromatic ring is 1. The van der Waals surface area contributed by atoms with Gasteiger partial charge in [-0.1, -0.05) is 18.5 Å². The SMILES string of the molecule is CCN1CCN(S(=O)(=O)c2cc(Cl)ccc2N)CC1. The van der Waals surface area contributed by atoms with Crippen LogP contribution in [0.4, 0.5) is 5.69 Å². The lowest BCUT2D eigenvalue weighted by molar-refractivity contribution is 0.196. The number of hydrogen-bond acceptors (Lipinski definition) is 4. The highest BCUT2D eigenvalue weighted by Gasteiger charge is 2.29. The summed E-state index contributed by atoms with van der Waals surface area (Å²) in [5.41, 5.74) is 6.00. The third-order valence-corrected chi connectivity index (χ3v) is 5.56. The Morgan fingerprint density at radius 2 is 1.89 bits per heavy atom. The van der Waals surface area contributed by atoms with E-state index >= 15 is 0 Å². The molecule has 0 spiro atoms. The Balaban J connectivity index is 2.26. The largest absolute Gasteiger partial charge is 0.398 e. The minimum atomic E-state index is -3.55. The van der Waals surface area contributed by atoms with Crippen LogP contribution in [0, 0.1) is 0 Å². The first-order valence-electron chi connectivity index (χ1n) is 6.22. The van der Waals surface area contributed by atoms with E-state index in [2.05, 4.69) is 11.8 Å². The van der Waals surface area contributed by atoms with Crippen LogP contribution in [0.1, 0.15) is 6.92 Å². The molecule has 2 rings (SSSR count). The summed E-state index contributed by atoms with van der Waals surface area (Å²) in [6.07, 6.45) is 0. The van der Waals surface area contributed by atoms with E-state index in [9.17, 15) is 8.42 Å². The van der Waals surface area contributed by atoms with Crippen molar-refractivity contribution in [2.75, 3.05) is 38.5 Å². The van der Waals surface area contributed by atoms with E-state index < -0.39 is 10.0 Å². The number of nitrogens with zero attached hydrogens (tertiary/aromatic N) is 2. The van der Waals surface area contributed by atoms with Gasteiger partial charge >= 0.3 is 0 Å². The number of nitrogens with two attached hydrogens (primary N) is 1. The first-order valence-corrected chi connectivity index (χ1v) is 8.04. The summed E-state index contributed by atoms with van der Waals surface area (Å²) < 4.78 is 26.5. The summed E-state index contributed by atoms with van der Waals surface area (Å²) in [6.45, 7) is 5.48. The molecule has 19 heavy (non-hydrogen) atoms. The third-order valence-electron chi connectivity index (χ3n) is 3.37. The highest BCUT2D eigenvalue weighted by molar-refractivity contribution is 7.89. The molecule has 7 heteroatoms. The molecule has 0 aliphatic carbocycles. The van der Waals surface area contributed by atoms with Crippen molar-refractivity contribution in [1.29, 1.82) is 0 Å². The van der Waals surface area contributed by atoms with Crippen LogP contribution in [0.25, 0.3) is 0 Å². The average Bonchev–Trinajstić information content (AvgIpc) is 2.41. The molecule has 106 valence electrons. The van der Waals surface area contributed by atoms with Gasteiger partial charge in [-0.2, -0.15) is 4.31 Å². The van der Waals surface area contributed by atoms with Gasteiger partial charge in [-0.15, -0.1) is 0 Å². The maximum absolute atomic E-state index is 12.5. The van der Waals surface area contributed by atoms with Crippen LogP contribution in [-0.4, -0.2) is 50.3 Å². The lowest BCUT2D eigenvalue weighted by atomic mass is 10.3. The van der Waals surface area contributed by atoms with Crippen molar-refractivity contribution in [3.8, 4) is 0 Å². The van der Waals surface area contributed by atoms with E-state index in [1.807, 2.05) is 0 Å². The van der Waals surface area contributed by atoms with Crippen LogP contribution in [0.3, 0.4) is 0 Å². The van der Waals surface area contributed by atoms with E-state index in [-0.39, 0.29) is 10.6 Å². The predicted octanol–water partition coefficient (Wildman–Crippen LogP) is 1.25. The van der Waals surface area contributed by atoms with Crippen LogP contribution < -0.4 is 5.73 Å². The van der Waals surface area contributed by atoms with Gasteiger partial charge in [0.05, 0.1) is 5.69 Å².